The number of rotatable bonds is 3. The molecule has 0 aromatic heterocycles. The summed E-state index contributed by atoms with van der Waals surface area (Å²) in [4.78, 5) is 15.9. The first-order valence-electron chi connectivity index (χ1n) is 7.65. The van der Waals surface area contributed by atoms with Gasteiger partial charge in [0.2, 0.25) is 0 Å². The standard InChI is InChI=1S/C18H19BrN2O/c19-17-8-6-15(7-9-17)14-20-10-12-21(13-11-20)18(22)16-4-2-1-3-5-16/h1-9H,10-14H2/p+1. The fourth-order valence-corrected chi connectivity index (χ4v) is 3.12. The third-order valence-electron chi connectivity index (χ3n) is 4.15. The Morgan fingerprint density at radius 2 is 1.64 bits per heavy atom. The number of halogens is 1. The minimum atomic E-state index is 0.156. The summed E-state index contributed by atoms with van der Waals surface area (Å²) in [5.74, 6) is 0.156. The second-order valence-corrected chi connectivity index (χ2v) is 6.63. The molecule has 4 heteroatoms. The topological polar surface area (TPSA) is 24.8 Å². The molecule has 1 N–H and O–H groups in total. The van der Waals surface area contributed by atoms with E-state index in [2.05, 4.69) is 40.2 Å². The van der Waals surface area contributed by atoms with E-state index in [0.29, 0.717) is 0 Å². The van der Waals surface area contributed by atoms with E-state index >= 15 is 0 Å². The highest BCUT2D eigenvalue weighted by molar-refractivity contribution is 9.10. The van der Waals surface area contributed by atoms with Gasteiger partial charge in [-0.25, -0.2) is 0 Å². The molecule has 0 radical (unpaired) electrons. The summed E-state index contributed by atoms with van der Waals surface area (Å²) in [5.41, 5.74) is 2.14. The van der Waals surface area contributed by atoms with Gasteiger partial charge in [-0.1, -0.05) is 46.3 Å². The second kappa shape index (κ2) is 7.07. The van der Waals surface area contributed by atoms with Gasteiger partial charge in [0.15, 0.2) is 0 Å². The van der Waals surface area contributed by atoms with Crippen LogP contribution in [-0.4, -0.2) is 37.0 Å². The third kappa shape index (κ3) is 3.76. The summed E-state index contributed by atoms with van der Waals surface area (Å²) in [6.07, 6.45) is 0. The van der Waals surface area contributed by atoms with Gasteiger partial charge in [0, 0.05) is 15.6 Å². The van der Waals surface area contributed by atoms with E-state index < -0.39 is 0 Å². The average molecular weight is 360 g/mol. The summed E-state index contributed by atoms with van der Waals surface area (Å²) < 4.78 is 1.12. The number of nitrogens with zero attached hydrogens (tertiary/aromatic N) is 1. The monoisotopic (exact) mass is 359 g/mol. The van der Waals surface area contributed by atoms with Crippen LogP contribution in [0.25, 0.3) is 0 Å². The highest BCUT2D eigenvalue weighted by Crippen LogP contribution is 2.10. The van der Waals surface area contributed by atoms with Crippen LogP contribution in [0.3, 0.4) is 0 Å². The molecule has 114 valence electrons. The number of hydrogen-bond donors (Lipinski definition) is 1. The number of nitrogens with one attached hydrogen (secondary N) is 1. The molecule has 22 heavy (non-hydrogen) atoms. The van der Waals surface area contributed by atoms with Gasteiger partial charge in [-0.15, -0.1) is 0 Å². The van der Waals surface area contributed by atoms with Crippen molar-refractivity contribution in [2.24, 2.45) is 0 Å². The van der Waals surface area contributed by atoms with E-state index in [4.69, 9.17) is 0 Å². The molecule has 0 saturated carbocycles. The van der Waals surface area contributed by atoms with Crippen LogP contribution in [-0.2, 0) is 6.54 Å². The Hall–Kier alpha value is -1.65. The lowest BCUT2D eigenvalue weighted by molar-refractivity contribution is -0.917. The normalized spacial score (nSPS) is 15.8. The molecule has 2 aromatic rings. The van der Waals surface area contributed by atoms with Crippen molar-refractivity contribution in [1.82, 2.24) is 4.90 Å². The third-order valence-corrected chi connectivity index (χ3v) is 4.67. The Morgan fingerprint density at radius 3 is 2.27 bits per heavy atom. The van der Waals surface area contributed by atoms with Gasteiger partial charge in [-0.2, -0.15) is 0 Å². The summed E-state index contributed by atoms with van der Waals surface area (Å²) in [7, 11) is 0. The van der Waals surface area contributed by atoms with Crippen LogP contribution in [0.2, 0.25) is 0 Å². The predicted molar refractivity (Wildman–Crippen MR) is 90.9 cm³/mol. The van der Waals surface area contributed by atoms with Crippen molar-refractivity contribution in [2.45, 2.75) is 6.54 Å². The van der Waals surface area contributed by atoms with Crippen LogP contribution in [0.15, 0.2) is 59.1 Å². The highest BCUT2D eigenvalue weighted by atomic mass is 79.9. The predicted octanol–water partition coefficient (Wildman–Crippen LogP) is 1.99. The number of amides is 1. The molecule has 3 rings (SSSR count). The van der Waals surface area contributed by atoms with Crippen LogP contribution >= 0.6 is 15.9 Å². The molecule has 0 aliphatic carbocycles. The zero-order valence-corrected chi connectivity index (χ0v) is 14.1. The van der Waals surface area contributed by atoms with Crippen molar-refractivity contribution in [1.29, 1.82) is 0 Å². The first-order valence-corrected chi connectivity index (χ1v) is 8.44. The lowest BCUT2D eigenvalue weighted by Gasteiger charge is -2.32. The van der Waals surface area contributed by atoms with Crippen molar-refractivity contribution in [2.75, 3.05) is 26.2 Å². The Labute approximate surface area is 139 Å². The Morgan fingerprint density at radius 1 is 1.00 bits per heavy atom. The van der Waals surface area contributed by atoms with E-state index in [9.17, 15) is 4.79 Å². The zero-order chi connectivity index (χ0) is 15.4. The van der Waals surface area contributed by atoms with Crippen molar-refractivity contribution in [3.05, 3.63) is 70.2 Å². The van der Waals surface area contributed by atoms with Crippen molar-refractivity contribution >= 4 is 21.8 Å². The van der Waals surface area contributed by atoms with Crippen LogP contribution < -0.4 is 4.90 Å². The molecule has 0 spiro atoms. The Balaban J connectivity index is 1.54. The summed E-state index contributed by atoms with van der Waals surface area (Å²) in [6.45, 7) is 4.71. The number of carbonyl (C=O) groups is 1. The molecule has 1 amide bonds. The molecule has 1 heterocycles. The minimum Gasteiger partial charge on any atom is -0.328 e. The summed E-state index contributed by atoms with van der Waals surface area (Å²) in [6, 6.07) is 18.1. The van der Waals surface area contributed by atoms with Crippen LogP contribution in [0, 0.1) is 0 Å². The molecular weight excluding hydrogens is 340 g/mol. The fourth-order valence-electron chi connectivity index (χ4n) is 2.86. The molecule has 1 fully saturated rings. The zero-order valence-electron chi connectivity index (χ0n) is 12.5. The van der Waals surface area contributed by atoms with Crippen molar-refractivity contribution in [3.63, 3.8) is 0 Å². The molecule has 3 nitrogen and oxygen atoms in total. The Bertz CT molecular complexity index is 619. The van der Waals surface area contributed by atoms with Crippen molar-refractivity contribution < 1.29 is 9.69 Å². The van der Waals surface area contributed by atoms with E-state index in [0.717, 1.165) is 42.8 Å². The molecule has 0 unspecified atom stereocenters. The van der Waals surface area contributed by atoms with E-state index in [1.165, 1.54) is 5.56 Å². The van der Waals surface area contributed by atoms with E-state index in [1.807, 2.05) is 35.2 Å². The summed E-state index contributed by atoms with van der Waals surface area (Å²) in [5, 5.41) is 0. The lowest BCUT2D eigenvalue weighted by atomic mass is 10.1. The smallest absolute Gasteiger partial charge is 0.254 e. The van der Waals surface area contributed by atoms with Gasteiger partial charge in [-0.05, 0) is 24.3 Å². The van der Waals surface area contributed by atoms with Crippen molar-refractivity contribution in [3.8, 4) is 0 Å². The lowest BCUT2D eigenvalue weighted by Crippen LogP contribution is -3.13. The molecule has 2 aromatic carbocycles. The molecular formula is C18H20BrN2O+. The van der Waals surface area contributed by atoms with Gasteiger partial charge in [0.1, 0.15) is 6.54 Å². The van der Waals surface area contributed by atoms with Gasteiger partial charge in [-0.3, -0.25) is 4.79 Å². The molecule has 0 atom stereocenters. The molecule has 0 bridgehead atoms. The van der Waals surface area contributed by atoms with Gasteiger partial charge in [0.05, 0.1) is 26.2 Å². The first kappa shape index (κ1) is 15.3. The number of piperazine rings is 1. The van der Waals surface area contributed by atoms with E-state index in [1.54, 1.807) is 4.90 Å². The maximum atomic E-state index is 12.4. The fraction of sp³-hybridized carbons (Fsp3) is 0.278. The average Bonchev–Trinajstić information content (AvgIpc) is 2.58. The van der Waals surface area contributed by atoms with E-state index in [-0.39, 0.29) is 5.91 Å². The SMILES string of the molecule is O=C(c1ccccc1)N1CC[NH+](Cc2ccc(Br)cc2)CC1. The van der Waals surface area contributed by atoms with Crippen LogP contribution in [0.5, 0.6) is 0 Å². The number of quaternary nitrogens is 1. The quantitative estimate of drug-likeness (QED) is 0.890. The summed E-state index contributed by atoms with van der Waals surface area (Å²) >= 11 is 3.47. The first-order chi connectivity index (χ1) is 10.7. The largest absolute Gasteiger partial charge is 0.328 e. The maximum Gasteiger partial charge on any atom is 0.254 e. The Kier molecular flexibility index (Phi) is 4.90. The van der Waals surface area contributed by atoms with Gasteiger partial charge >= 0.3 is 0 Å². The maximum absolute atomic E-state index is 12.4. The molecule has 1 aliphatic heterocycles. The molecule has 1 aliphatic rings. The van der Waals surface area contributed by atoms with Crippen LogP contribution in [0.4, 0.5) is 0 Å². The van der Waals surface area contributed by atoms with Crippen LogP contribution in [0.1, 0.15) is 15.9 Å². The number of carbonyl (C=O) groups excluding carboxylic acids is 1. The molecule has 1 saturated heterocycles. The minimum absolute atomic E-state index is 0.156. The van der Waals surface area contributed by atoms with Gasteiger partial charge < -0.3 is 9.80 Å². The highest BCUT2D eigenvalue weighted by Gasteiger charge is 2.24. The second-order valence-electron chi connectivity index (χ2n) is 5.71. The van der Waals surface area contributed by atoms with Gasteiger partial charge in [0.25, 0.3) is 5.91 Å². The number of hydrogen-bond acceptors (Lipinski definition) is 1. The number of benzene rings is 2.